The lowest BCUT2D eigenvalue weighted by molar-refractivity contribution is 0.305. The van der Waals surface area contributed by atoms with Crippen molar-refractivity contribution in [2.45, 2.75) is 45.6 Å². The minimum absolute atomic E-state index is 0.0959. The van der Waals surface area contributed by atoms with Gasteiger partial charge in [0.05, 0.1) is 6.61 Å². The topological polar surface area (TPSA) is 35.2 Å². The number of hydrogen-bond donors (Lipinski definition) is 1. The summed E-state index contributed by atoms with van der Waals surface area (Å²) in [5, 5.41) is 0. The highest BCUT2D eigenvalue weighted by atomic mass is 16.5. The number of rotatable bonds is 7. The lowest BCUT2D eigenvalue weighted by Gasteiger charge is -2.08. The summed E-state index contributed by atoms with van der Waals surface area (Å²) in [6.45, 7) is 5.02. The van der Waals surface area contributed by atoms with Crippen molar-refractivity contribution >= 4 is 0 Å². The van der Waals surface area contributed by atoms with Crippen molar-refractivity contribution in [1.29, 1.82) is 0 Å². The molecule has 1 atom stereocenters. The molecule has 0 unspecified atom stereocenters. The van der Waals surface area contributed by atoms with Crippen LogP contribution in [0.25, 0.3) is 0 Å². The Balaban J connectivity index is 2.27. The van der Waals surface area contributed by atoms with E-state index in [1.54, 1.807) is 0 Å². The Hall–Kier alpha value is -1.02. The quantitative estimate of drug-likeness (QED) is 0.713. The highest BCUT2D eigenvalue weighted by Gasteiger charge is 1.99. The second-order valence-electron chi connectivity index (χ2n) is 4.27. The van der Waals surface area contributed by atoms with Crippen LogP contribution in [0.3, 0.4) is 0 Å². The SMILES string of the molecule is CCCCCCOc1ccc([C@H](C)N)cc1. The molecule has 2 N–H and O–H groups in total. The maximum absolute atomic E-state index is 5.78. The zero-order chi connectivity index (χ0) is 11.8. The molecule has 0 heterocycles. The summed E-state index contributed by atoms with van der Waals surface area (Å²) in [6.07, 6.45) is 4.97. The maximum Gasteiger partial charge on any atom is 0.119 e. The smallest absolute Gasteiger partial charge is 0.119 e. The predicted octanol–water partition coefficient (Wildman–Crippen LogP) is 3.67. The number of hydrogen-bond acceptors (Lipinski definition) is 2. The molecule has 0 aliphatic rings. The Kier molecular flexibility index (Phi) is 5.94. The van der Waals surface area contributed by atoms with Gasteiger partial charge < -0.3 is 10.5 Å². The summed E-state index contributed by atoms with van der Waals surface area (Å²) in [6, 6.07) is 8.16. The van der Waals surface area contributed by atoms with Crippen molar-refractivity contribution < 1.29 is 4.74 Å². The summed E-state index contributed by atoms with van der Waals surface area (Å²) in [5.41, 5.74) is 6.93. The molecule has 0 spiro atoms. The van der Waals surface area contributed by atoms with E-state index in [-0.39, 0.29) is 6.04 Å². The third-order valence-electron chi connectivity index (χ3n) is 2.67. The van der Waals surface area contributed by atoms with Gasteiger partial charge >= 0.3 is 0 Å². The van der Waals surface area contributed by atoms with E-state index in [0.29, 0.717) is 0 Å². The van der Waals surface area contributed by atoms with Gasteiger partial charge in [0.15, 0.2) is 0 Å². The molecule has 90 valence electrons. The summed E-state index contributed by atoms with van der Waals surface area (Å²) in [7, 11) is 0. The normalized spacial score (nSPS) is 12.4. The Morgan fingerprint density at radius 2 is 1.81 bits per heavy atom. The van der Waals surface area contributed by atoms with Crippen molar-refractivity contribution in [3.05, 3.63) is 29.8 Å². The van der Waals surface area contributed by atoms with Gasteiger partial charge in [-0.15, -0.1) is 0 Å². The van der Waals surface area contributed by atoms with Crippen molar-refractivity contribution in [3.63, 3.8) is 0 Å². The van der Waals surface area contributed by atoms with Crippen LogP contribution in [0.4, 0.5) is 0 Å². The third-order valence-corrected chi connectivity index (χ3v) is 2.67. The zero-order valence-corrected chi connectivity index (χ0v) is 10.4. The molecule has 16 heavy (non-hydrogen) atoms. The fourth-order valence-corrected chi connectivity index (χ4v) is 1.59. The minimum atomic E-state index is 0.0959. The number of ether oxygens (including phenoxy) is 1. The van der Waals surface area contributed by atoms with Gasteiger partial charge in [0.25, 0.3) is 0 Å². The highest BCUT2D eigenvalue weighted by Crippen LogP contribution is 2.16. The van der Waals surface area contributed by atoms with Crippen LogP contribution in [0.2, 0.25) is 0 Å². The van der Waals surface area contributed by atoms with Gasteiger partial charge in [0, 0.05) is 6.04 Å². The molecule has 1 rings (SSSR count). The van der Waals surface area contributed by atoms with E-state index in [2.05, 4.69) is 6.92 Å². The lowest BCUT2D eigenvalue weighted by atomic mass is 10.1. The summed E-state index contributed by atoms with van der Waals surface area (Å²) < 4.78 is 5.65. The van der Waals surface area contributed by atoms with Gasteiger partial charge in [-0.2, -0.15) is 0 Å². The molecular weight excluding hydrogens is 198 g/mol. The number of nitrogens with two attached hydrogens (primary N) is 1. The first kappa shape index (κ1) is 13.0. The van der Waals surface area contributed by atoms with Gasteiger partial charge in [-0.3, -0.25) is 0 Å². The van der Waals surface area contributed by atoms with Crippen LogP contribution in [0.1, 0.15) is 51.1 Å². The fraction of sp³-hybridized carbons (Fsp3) is 0.571. The van der Waals surface area contributed by atoms with E-state index in [1.165, 1.54) is 19.3 Å². The highest BCUT2D eigenvalue weighted by molar-refractivity contribution is 5.28. The van der Waals surface area contributed by atoms with Crippen LogP contribution in [-0.2, 0) is 0 Å². The van der Waals surface area contributed by atoms with Crippen molar-refractivity contribution in [3.8, 4) is 5.75 Å². The molecule has 0 saturated carbocycles. The van der Waals surface area contributed by atoms with E-state index >= 15 is 0 Å². The maximum atomic E-state index is 5.78. The van der Waals surface area contributed by atoms with Crippen LogP contribution < -0.4 is 10.5 Å². The largest absolute Gasteiger partial charge is 0.494 e. The van der Waals surface area contributed by atoms with E-state index in [0.717, 1.165) is 24.3 Å². The monoisotopic (exact) mass is 221 g/mol. The summed E-state index contributed by atoms with van der Waals surface area (Å²) in [4.78, 5) is 0. The minimum Gasteiger partial charge on any atom is -0.494 e. The van der Waals surface area contributed by atoms with Gasteiger partial charge in [0.2, 0.25) is 0 Å². The average Bonchev–Trinajstić information content (AvgIpc) is 2.29. The molecule has 1 aromatic carbocycles. The molecule has 1 aromatic rings. The van der Waals surface area contributed by atoms with E-state index in [4.69, 9.17) is 10.5 Å². The molecule has 0 radical (unpaired) electrons. The Labute approximate surface area is 98.8 Å². The van der Waals surface area contributed by atoms with Crippen molar-refractivity contribution in [2.75, 3.05) is 6.61 Å². The lowest BCUT2D eigenvalue weighted by Crippen LogP contribution is -2.04. The van der Waals surface area contributed by atoms with Crippen molar-refractivity contribution in [2.24, 2.45) is 5.73 Å². The average molecular weight is 221 g/mol. The van der Waals surface area contributed by atoms with Gasteiger partial charge in [0.1, 0.15) is 5.75 Å². The second-order valence-corrected chi connectivity index (χ2v) is 4.27. The molecule has 0 aromatic heterocycles. The van der Waals surface area contributed by atoms with E-state index < -0.39 is 0 Å². The molecule has 2 heteroatoms. The first-order valence-electron chi connectivity index (χ1n) is 6.22. The second kappa shape index (κ2) is 7.29. The molecule has 0 bridgehead atoms. The van der Waals surface area contributed by atoms with Gasteiger partial charge in [-0.1, -0.05) is 38.3 Å². The molecule has 0 saturated heterocycles. The first-order valence-corrected chi connectivity index (χ1v) is 6.22. The molecule has 2 nitrogen and oxygen atoms in total. The van der Waals surface area contributed by atoms with Crippen LogP contribution >= 0.6 is 0 Å². The van der Waals surface area contributed by atoms with Crippen molar-refractivity contribution in [1.82, 2.24) is 0 Å². The first-order chi connectivity index (χ1) is 7.74. The van der Waals surface area contributed by atoms with Crippen LogP contribution in [0.15, 0.2) is 24.3 Å². The van der Waals surface area contributed by atoms with Crippen LogP contribution in [0, 0.1) is 0 Å². The number of unbranched alkanes of at least 4 members (excludes halogenated alkanes) is 3. The molecule has 0 amide bonds. The summed E-state index contributed by atoms with van der Waals surface area (Å²) in [5.74, 6) is 0.945. The summed E-state index contributed by atoms with van der Waals surface area (Å²) >= 11 is 0. The number of benzene rings is 1. The predicted molar refractivity (Wildman–Crippen MR) is 68.7 cm³/mol. The van der Waals surface area contributed by atoms with Gasteiger partial charge in [-0.05, 0) is 31.0 Å². The standard InChI is InChI=1S/C14H23NO/c1-3-4-5-6-11-16-14-9-7-13(8-10-14)12(2)15/h7-10,12H,3-6,11,15H2,1-2H3/t12-/m0/s1. The molecule has 0 fully saturated rings. The fourth-order valence-electron chi connectivity index (χ4n) is 1.59. The van der Waals surface area contributed by atoms with Crippen LogP contribution in [-0.4, -0.2) is 6.61 Å². The zero-order valence-electron chi connectivity index (χ0n) is 10.4. The molecule has 0 aliphatic carbocycles. The van der Waals surface area contributed by atoms with Crippen LogP contribution in [0.5, 0.6) is 5.75 Å². The third kappa shape index (κ3) is 4.67. The Morgan fingerprint density at radius 3 is 2.38 bits per heavy atom. The Morgan fingerprint density at radius 1 is 1.12 bits per heavy atom. The van der Waals surface area contributed by atoms with E-state index in [9.17, 15) is 0 Å². The van der Waals surface area contributed by atoms with E-state index in [1.807, 2.05) is 31.2 Å². The Bertz CT molecular complexity index is 279. The van der Waals surface area contributed by atoms with Gasteiger partial charge in [-0.25, -0.2) is 0 Å². The molecular formula is C14H23NO. The molecule has 0 aliphatic heterocycles.